The number of hydrogen-bond donors (Lipinski definition) is 1. The van der Waals surface area contributed by atoms with Crippen LogP contribution in [0.15, 0.2) is 23.8 Å². The van der Waals surface area contributed by atoms with Gasteiger partial charge in [0.1, 0.15) is 11.1 Å². The first-order valence-corrected chi connectivity index (χ1v) is 13.9. The first-order valence-electron chi connectivity index (χ1n) is 13.0. The number of alkyl halides is 3. The standard InChI is InChI=1S/C26H31F3N4O4S/c1-35-21-14-36-6-3-19(21)32-17-9-22-25(10-17,11-20(37-22)23-30-4-7-38-23)24(34)33-5-2-18-15(13-33)8-16(12-31-18)26(27,28)29/h4,7-8,12,17,19-22,32H,2-3,5-6,9-11,13-14H2,1H3/t17-,19?,20?,21?,22-,25+/m1/s1. The van der Waals surface area contributed by atoms with Crippen LogP contribution in [0.3, 0.4) is 0 Å². The number of methoxy groups -OCH3 is 1. The minimum Gasteiger partial charge on any atom is -0.379 e. The predicted molar refractivity (Wildman–Crippen MR) is 131 cm³/mol. The number of ether oxygens (including phenoxy) is 3. The van der Waals surface area contributed by atoms with Gasteiger partial charge in [0.05, 0.1) is 29.8 Å². The van der Waals surface area contributed by atoms with E-state index in [0.29, 0.717) is 56.7 Å². The van der Waals surface area contributed by atoms with E-state index in [1.54, 1.807) is 18.2 Å². The molecule has 38 heavy (non-hydrogen) atoms. The molecule has 1 amide bonds. The number of carbonyl (C=O) groups is 1. The van der Waals surface area contributed by atoms with E-state index in [-0.39, 0.29) is 42.8 Å². The van der Waals surface area contributed by atoms with Gasteiger partial charge in [0, 0.05) is 68.8 Å². The van der Waals surface area contributed by atoms with Crippen LogP contribution in [0.5, 0.6) is 0 Å². The summed E-state index contributed by atoms with van der Waals surface area (Å²) in [7, 11) is 1.68. The Kier molecular flexibility index (Phi) is 6.96. The Hall–Kier alpha value is -2.12. The van der Waals surface area contributed by atoms with Crippen LogP contribution in [0.1, 0.15) is 53.6 Å². The second-order valence-corrected chi connectivity index (χ2v) is 11.6. The van der Waals surface area contributed by atoms with Crippen molar-refractivity contribution in [2.45, 2.75) is 75.2 Å². The van der Waals surface area contributed by atoms with E-state index in [9.17, 15) is 18.0 Å². The predicted octanol–water partition coefficient (Wildman–Crippen LogP) is 3.51. The SMILES string of the molecule is COC1COCCC1N[C@@H]1C[C@H]2OC(c3nccs3)C[C@@]2(C(=O)N2CCc3ncc(C(F)(F)F)cc3C2)C1. The average Bonchev–Trinajstić information content (AvgIpc) is 3.63. The van der Waals surface area contributed by atoms with Crippen molar-refractivity contribution in [3.63, 3.8) is 0 Å². The van der Waals surface area contributed by atoms with Crippen molar-refractivity contribution in [2.75, 3.05) is 26.9 Å². The molecule has 0 bridgehead atoms. The van der Waals surface area contributed by atoms with Crippen molar-refractivity contribution < 1.29 is 32.2 Å². The van der Waals surface area contributed by atoms with E-state index in [1.807, 2.05) is 5.38 Å². The van der Waals surface area contributed by atoms with Crippen molar-refractivity contribution in [1.82, 2.24) is 20.2 Å². The molecule has 206 valence electrons. The molecule has 6 atom stereocenters. The number of amides is 1. The number of rotatable bonds is 5. The van der Waals surface area contributed by atoms with Gasteiger partial charge in [-0.3, -0.25) is 9.78 Å². The molecule has 1 aliphatic carbocycles. The van der Waals surface area contributed by atoms with Gasteiger partial charge in [-0.25, -0.2) is 4.98 Å². The third-order valence-electron chi connectivity index (χ3n) is 8.47. The van der Waals surface area contributed by atoms with Crippen LogP contribution in [-0.4, -0.2) is 71.9 Å². The van der Waals surface area contributed by atoms with Crippen LogP contribution in [0, 0.1) is 5.41 Å². The first-order chi connectivity index (χ1) is 18.3. The topological polar surface area (TPSA) is 85.8 Å². The van der Waals surface area contributed by atoms with Crippen LogP contribution < -0.4 is 5.32 Å². The third kappa shape index (κ3) is 4.74. The highest BCUT2D eigenvalue weighted by atomic mass is 32.1. The maximum absolute atomic E-state index is 14.3. The van der Waals surface area contributed by atoms with Crippen LogP contribution in [-0.2, 0) is 38.1 Å². The fourth-order valence-corrected chi connectivity index (χ4v) is 7.28. The molecular formula is C26H31F3N4O4S. The summed E-state index contributed by atoms with van der Waals surface area (Å²) in [5.41, 5.74) is -0.478. The van der Waals surface area contributed by atoms with Crippen LogP contribution in [0.2, 0.25) is 0 Å². The Balaban J connectivity index is 1.24. The zero-order valence-electron chi connectivity index (χ0n) is 21.1. The molecule has 3 aliphatic heterocycles. The van der Waals surface area contributed by atoms with Gasteiger partial charge < -0.3 is 24.4 Å². The van der Waals surface area contributed by atoms with Crippen molar-refractivity contribution >= 4 is 17.2 Å². The smallest absolute Gasteiger partial charge is 0.379 e. The Labute approximate surface area is 222 Å². The zero-order valence-corrected chi connectivity index (χ0v) is 21.9. The fourth-order valence-electron chi connectivity index (χ4n) is 6.60. The number of halogens is 3. The molecule has 4 aliphatic rings. The van der Waals surface area contributed by atoms with Crippen LogP contribution >= 0.6 is 11.3 Å². The summed E-state index contributed by atoms with van der Waals surface area (Å²) in [6.45, 7) is 1.72. The lowest BCUT2D eigenvalue weighted by atomic mass is 9.79. The second-order valence-electron chi connectivity index (χ2n) is 10.7. The molecule has 2 saturated heterocycles. The quantitative estimate of drug-likeness (QED) is 0.608. The maximum atomic E-state index is 14.3. The lowest BCUT2D eigenvalue weighted by Crippen LogP contribution is -2.51. The maximum Gasteiger partial charge on any atom is 0.417 e. The number of nitrogens with zero attached hydrogens (tertiary/aromatic N) is 3. The summed E-state index contributed by atoms with van der Waals surface area (Å²) in [6.07, 6.45) is 0.524. The van der Waals surface area contributed by atoms with E-state index < -0.39 is 17.2 Å². The Morgan fingerprint density at radius 1 is 1.32 bits per heavy atom. The highest BCUT2D eigenvalue weighted by Crippen LogP contribution is 2.56. The molecule has 6 rings (SSSR count). The number of pyridine rings is 1. The summed E-state index contributed by atoms with van der Waals surface area (Å²) in [5.74, 6) is -0.0517. The van der Waals surface area contributed by atoms with Crippen LogP contribution in [0.4, 0.5) is 13.2 Å². The highest BCUT2D eigenvalue weighted by molar-refractivity contribution is 7.09. The van der Waals surface area contributed by atoms with Gasteiger partial charge in [-0.2, -0.15) is 13.2 Å². The summed E-state index contributed by atoms with van der Waals surface area (Å²) in [6, 6.07) is 1.31. The molecule has 0 radical (unpaired) electrons. The number of hydrogen-bond acceptors (Lipinski definition) is 8. The lowest BCUT2D eigenvalue weighted by Gasteiger charge is -2.37. The molecule has 3 fully saturated rings. The van der Waals surface area contributed by atoms with E-state index >= 15 is 0 Å². The summed E-state index contributed by atoms with van der Waals surface area (Å²) < 4.78 is 57.7. The van der Waals surface area contributed by atoms with Crippen molar-refractivity contribution in [3.05, 3.63) is 45.7 Å². The molecule has 8 nitrogen and oxygen atoms in total. The molecule has 2 aromatic rings. The van der Waals surface area contributed by atoms with Gasteiger partial charge in [0.2, 0.25) is 5.91 Å². The average molecular weight is 553 g/mol. The molecule has 12 heteroatoms. The van der Waals surface area contributed by atoms with Gasteiger partial charge in [0.15, 0.2) is 0 Å². The first kappa shape index (κ1) is 26.1. The second kappa shape index (κ2) is 10.1. The van der Waals surface area contributed by atoms with Gasteiger partial charge in [0.25, 0.3) is 0 Å². The number of carbonyl (C=O) groups excluding carboxylic acids is 1. The van der Waals surface area contributed by atoms with Gasteiger partial charge in [-0.15, -0.1) is 11.3 Å². The van der Waals surface area contributed by atoms with E-state index in [1.165, 1.54) is 11.3 Å². The Bertz CT molecular complexity index is 1170. The normalized spacial score (nSPS) is 33.3. The highest BCUT2D eigenvalue weighted by Gasteiger charge is 2.61. The van der Waals surface area contributed by atoms with Crippen molar-refractivity contribution in [1.29, 1.82) is 0 Å². The molecule has 5 heterocycles. The number of aromatic nitrogens is 2. The Morgan fingerprint density at radius 2 is 2.18 bits per heavy atom. The number of nitrogens with one attached hydrogen (secondary N) is 1. The lowest BCUT2D eigenvalue weighted by molar-refractivity contribution is -0.145. The van der Waals surface area contributed by atoms with Gasteiger partial charge in [-0.05, 0) is 37.3 Å². The third-order valence-corrected chi connectivity index (χ3v) is 9.33. The van der Waals surface area contributed by atoms with E-state index in [2.05, 4.69) is 15.3 Å². The van der Waals surface area contributed by atoms with E-state index in [0.717, 1.165) is 23.7 Å². The fraction of sp³-hybridized carbons (Fsp3) is 0.654. The molecule has 1 N–H and O–H groups in total. The summed E-state index contributed by atoms with van der Waals surface area (Å²) in [4.78, 5) is 24.5. The largest absolute Gasteiger partial charge is 0.417 e. The van der Waals surface area contributed by atoms with Crippen molar-refractivity contribution in [3.8, 4) is 0 Å². The zero-order chi connectivity index (χ0) is 26.5. The van der Waals surface area contributed by atoms with Gasteiger partial charge in [-0.1, -0.05) is 0 Å². The molecular weight excluding hydrogens is 521 g/mol. The molecule has 0 aromatic carbocycles. The molecule has 2 aromatic heterocycles. The summed E-state index contributed by atoms with van der Waals surface area (Å²) >= 11 is 1.51. The van der Waals surface area contributed by atoms with E-state index in [4.69, 9.17) is 14.2 Å². The molecule has 3 unspecified atom stereocenters. The summed E-state index contributed by atoms with van der Waals surface area (Å²) in [5, 5.41) is 6.46. The van der Waals surface area contributed by atoms with Crippen LogP contribution in [0.25, 0.3) is 0 Å². The number of fused-ring (bicyclic) bond motifs is 2. The minimum absolute atomic E-state index is 0.0517. The number of thiazole rings is 1. The Morgan fingerprint density at radius 3 is 2.95 bits per heavy atom. The molecule has 1 saturated carbocycles. The monoisotopic (exact) mass is 552 g/mol. The molecule has 0 spiro atoms. The van der Waals surface area contributed by atoms with Crippen molar-refractivity contribution in [2.24, 2.45) is 5.41 Å². The minimum atomic E-state index is -4.48. The van der Waals surface area contributed by atoms with Gasteiger partial charge >= 0.3 is 6.18 Å².